The second kappa shape index (κ2) is 4.22. The van der Waals surface area contributed by atoms with E-state index in [4.69, 9.17) is 0 Å². The normalized spacial score (nSPS) is 10.4. The predicted octanol–water partition coefficient (Wildman–Crippen LogP) is 3.66. The summed E-state index contributed by atoms with van der Waals surface area (Å²) in [5.41, 5.74) is 2.09. The van der Waals surface area contributed by atoms with Crippen LogP contribution >= 0.6 is 15.9 Å². The minimum absolute atomic E-state index is 0.127. The highest BCUT2D eigenvalue weighted by Crippen LogP contribution is 2.31. The first kappa shape index (κ1) is 11.1. The van der Waals surface area contributed by atoms with E-state index in [1.54, 1.807) is 25.1 Å². The van der Waals surface area contributed by atoms with Crippen LogP contribution in [0.15, 0.2) is 34.9 Å². The Kier molecular flexibility index (Phi) is 2.92. The fraction of sp³-hybridized carbons (Fsp3) is 0.0833. The molecule has 0 aliphatic carbocycles. The molecule has 0 radical (unpaired) electrons. The van der Waals surface area contributed by atoms with Gasteiger partial charge in [0.05, 0.1) is 5.69 Å². The number of hydrogen-bond acceptors (Lipinski definition) is 2. The first-order valence-electron chi connectivity index (χ1n) is 4.70. The Morgan fingerprint density at radius 3 is 2.50 bits per heavy atom. The summed E-state index contributed by atoms with van der Waals surface area (Å²) in [6.07, 6.45) is 0. The summed E-state index contributed by atoms with van der Waals surface area (Å²) in [6, 6.07) is 7.65. The molecule has 16 heavy (non-hydrogen) atoms. The molecule has 0 spiro atoms. The summed E-state index contributed by atoms with van der Waals surface area (Å²) in [4.78, 5) is 4.14. The molecule has 4 heteroatoms. The van der Waals surface area contributed by atoms with E-state index >= 15 is 0 Å². The first-order chi connectivity index (χ1) is 7.58. The van der Waals surface area contributed by atoms with Gasteiger partial charge in [-0.1, -0.05) is 12.1 Å². The fourth-order valence-electron chi connectivity index (χ4n) is 1.40. The van der Waals surface area contributed by atoms with Gasteiger partial charge in [0.1, 0.15) is 16.2 Å². The highest BCUT2D eigenvalue weighted by molar-refractivity contribution is 9.10. The van der Waals surface area contributed by atoms with Gasteiger partial charge in [0.2, 0.25) is 0 Å². The minimum atomic E-state index is -0.288. The van der Waals surface area contributed by atoms with Crippen LogP contribution in [-0.4, -0.2) is 10.1 Å². The average molecular weight is 282 g/mol. The van der Waals surface area contributed by atoms with Gasteiger partial charge in [-0.05, 0) is 46.6 Å². The van der Waals surface area contributed by atoms with Crippen LogP contribution in [0.1, 0.15) is 5.69 Å². The molecule has 0 fully saturated rings. The number of rotatable bonds is 1. The van der Waals surface area contributed by atoms with Crippen LogP contribution < -0.4 is 0 Å². The smallest absolute Gasteiger partial charge is 0.137 e. The van der Waals surface area contributed by atoms with Crippen LogP contribution in [0.3, 0.4) is 0 Å². The number of aromatic hydroxyl groups is 1. The molecular formula is C12H9BrFNO. The van der Waals surface area contributed by atoms with E-state index in [9.17, 15) is 9.50 Å². The molecule has 0 saturated carbocycles. The lowest BCUT2D eigenvalue weighted by Crippen LogP contribution is -1.88. The standard InChI is InChI=1S/C12H9BrFNO/c1-7-11(16)6-10(12(13)15-7)8-2-4-9(14)5-3-8/h2-6,16H,1H3. The van der Waals surface area contributed by atoms with Crippen molar-refractivity contribution in [2.24, 2.45) is 0 Å². The van der Waals surface area contributed by atoms with Gasteiger partial charge < -0.3 is 5.11 Å². The van der Waals surface area contributed by atoms with Gasteiger partial charge in [-0.3, -0.25) is 0 Å². The molecule has 0 unspecified atom stereocenters. The van der Waals surface area contributed by atoms with Crippen molar-refractivity contribution in [2.45, 2.75) is 6.92 Å². The van der Waals surface area contributed by atoms with Crippen molar-refractivity contribution in [1.29, 1.82) is 0 Å². The van der Waals surface area contributed by atoms with E-state index < -0.39 is 0 Å². The highest BCUT2D eigenvalue weighted by atomic mass is 79.9. The topological polar surface area (TPSA) is 33.1 Å². The zero-order valence-corrected chi connectivity index (χ0v) is 10.1. The van der Waals surface area contributed by atoms with E-state index in [1.165, 1.54) is 12.1 Å². The molecule has 2 nitrogen and oxygen atoms in total. The molecule has 1 heterocycles. The lowest BCUT2D eigenvalue weighted by Gasteiger charge is -2.06. The molecule has 0 bridgehead atoms. The number of benzene rings is 1. The SMILES string of the molecule is Cc1nc(Br)c(-c2ccc(F)cc2)cc1O. The Balaban J connectivity index is 2.56. The summed E-state index contributed by atoms with van der Waals surface area (Å²) < 4.78 is 13.4. The summed E-state index contributed by atoms with van der Waals surface area (Å²) in [7, 11) is 0. The van der Waals surface area contributed by atoms with Gasteiger partial charge in [0.25, 0.3) is 0 Å². The third kappa shape index (κ3) is 2.07. The molecule has 82 valence electrons. The maximum Gasteiger partial charge on any atom is 0.137 e. The zero-order chi connectivity index (χ0) is 11.7. The molecule has 0 saturated heterocycles. The Labute approximate surface area is 101 Å². The van der Waals surface area contributed by atoms with Gasteiger partial charge in [-0.15, -0.1) is 0 Å². The molecule has 1 aromatic carbocycles. The van der Waals surface area contributed by atoms with Crippen molar-refractivity contribution >= 4 is 15.9 Å². The average Bonchev–Trinajstić information content (AvgIpc) is 2.25. The number of halogens is 2. The van der Waals surface area contributed by atoms with Gasteiger partial charge in [0, 0.05) is 5.56 Å². The first-order valence-corrected chi connectivity index (χ1v) is 5.49. The van der Waals surface area contributed by atoms with Crippen molar-refractivity contribution in [3.8, 4) is 16.9 Å². The predicted molar refractivity (Wildman–Crippen MR) is 63.7 cm³/mol. The minimum Gasteiger partial charge on any atom is -0.506 e. The summed E-state index contributed by atoms with van der Waals surface area (Å²) in [6.45, 7) is 1.72. The van der Waals surface area contributed by atoms with E-state index in [1.807, 2.05) is 0 Å². The van der Waals surface area contributed by atoms with Crippen molar-refractivity contribution in [2.75, 3.05) is 0 Å². The van der Waals surface area contributed by atoms with E-state index in [2.05, 4.69) is 20.9 Å². The largest absolute Gasteiger partial charge is 0.506 e. The van der Waals surface area contributed by atoms with Crippen LogP contribution in [0.4, 0.5) is 4.39 Å². The zero-order valence-electron chi connectivity index (χ0n) is 8.54. The van der Waals surface area contributed by atoms with Crippen molar-refractivity contribution in [3.05, 3.63) is 46.4 Å². The third-order valence-corrected chi connectivity index (χ3v) is 2.90. The summed E-state index contributed by atoms with van der Waals surface area (Å²) in [5.74, 6) is -0.160. The number of hydrogen-bond donors (Lipinski definition) is 1. The number of aryl methyl sites for hydroxylation is 1. The van der Waals surface area contributed by atoms with Gasteiger partial charge in [-0.25, -0.2) is 9.37 Å². The van der Waals surface area contributed by atoms with Crippen LogP contribution in [0, 0.1) is 12.7 Å². The van der Waals surface area contributed by atoms with Crippen LogP contribution in [-0.2, 0) is 0 Å². The van der Waals surface area contributed by atoms with Gasteiger partial charge in [-0.2, -0.15) is 0 Å². The van der Waals surface area contributed by atoms with Crippen LogP contribution in [0.25, 0.3) is 11.1 Å². The maximum atomic E-state index is 12.8. The number of nitrogens with zero attached hydrogens (tertiary/aromatic N) is 1. The Morgan fingerprint density at radius 1 is 1.25 bits per heavy atom. The van der Waals surface area contributed by atoms with Crippen LogP contribution in [0.5, 0.6) is 5.75 Å². The van der Waals surface area contributed by atoms with Crippen molar-refractivity contribution in [3.63, 3.8) is 0 Å². The molecule has 0 amide bonds. The second-order valence-electron chi connectivity index (χ2n) is 3.44. The lowest BCUT2D eigenvalue weighted by atomic mass is 10.1. The quantitative estimate of drug-likeness (QED) is 0.810. The Morgan fingerprint density at radius 2 is 1.88 bits per heavy atom. The molecule has 2 rings (SSSR count). The fourth-order valence-corrected chi connectivity index (χ4v) is 2.01. The van der Waals surface area contributed by atoms with Gasteiger partial charge in [0.15, 0.2) is 0 Å². The number of pyridine rings is 1. The van der Waals surface area contributed by atoms with E-state index in [0.29, 0.717) is 10.3 Å². The van der Waals surface area contributed by atoms with E-state index in [-0.39, 0.29) is 11.6 Å². The molecule has 1 N–H and O–H groups in total. The van der Waals surface area contributed by atoms with Gasteiger partial charge >= 0.3 is 0 Å². The molecule has 2 aromatic rings. The summed E-state index contributed by atoms with van der Waals surface area (Å²) in [5, 5.41) is 9.58. The van der Waals surface area contributed by atoms with Crippen molar-refractivity contribution in [1.82, 2.24) is 4.98 Å². The second-order valence-corrected chi connectivity index (χ2v) is 4.19. The molecule has 0 aliphatic rings. The van der Waals surface area contributed by atoms with E-state index in [0.717, 1.165) is 11.1 Å². The third-order valence-electron chi connectivity index (χ3n) is 2.30. The Bertz CT molecular complexity index is 525. The number of aromatic nitrogens is 1. The maximum absolute atomic E-state index is 12.8. The lowest BCUT2D eigenvalue weighted by molar-refractivity contribution is 0.467. The molecule has 0 aliphatic heterocycles. The Hall–Kier alpha value is -1.42. The molecule has 1 aromatic heterocycles. The summed E-state index contributed by atoms with van der Waals surface area (Å²) >= 11 is 3.32. The monoisotopic (exact) mass is 281 g/mol. The highest BCUT2D eigenvalue weighted by Gasteiger charge is 2.08. The molecular weight excluding hydrogens is 273 g/mol. The van der Waals surface area contributed by atoms with Crippen LogP contribution in [0.2, 0.25) is 0 Å². The molecule has 0 atom stereocenters. The van der Waals surface area contributed by atoms with Crippen molar-refractivity contribution < 1.29 is 9.50 Å².